The summed E-state index contributed by atoms with van der Waals surface area (Å²) in [6.07, 6.45) is 0.763. The molecule has 1 saturated heterocycles. The lowest BCUT2D eigenvalue weighted by molar-refractivity contribution is 0.267. The third-order valence-electron chi connectivity index (χ3n) is 2.30. The molecule has 0 aromatic carbocycles. The third kappa shape index (κ3) is 1.50. The molecule has 1 unspecified atom stereocenters. The first-order chi connectivity index (χ1) is 5.26. The summed E-state index contributed by atoms with van der Waals surface area (Å²) < 4.78 is 24.9. The van der Waals surface area contributed by atoms with E-state index in [1.54, 1.807) is 11.2 Å². The second-order valence-corrected chi connectivity index (χ2v) is 6.66. The predicted molar refractivity (Wildman–Crippen MR) is 49.5 cm³/mol. The zero-order valence-electron chi connectivity index (χ0n) is 8.16. The Labute approximate surface area is 74.8 Å². The Bertz CT molecular complexity index is 263. The molecule has 1 rings (SSSR count). The fourth-order valence-electron chi connectivity index (χ4n) is 1.51. The van der Waals surface area contributed by atoms with Gasteiger partial charge in [-0.3, -0.25) is 0 Å². The van der Waals surface area contributed by atoms with Crippen LogP contribution in [-0.2, 0) is 10.0 Å². The Morgan fingerprint density at radius 2 is 1.83 bits per heavy atom. The van der Waals surface area contributed by atoms with Gasteiger partial charge in [-0.2, -0.15) is 4.31 Å². The largest absolute Gasteiger partial charge is 0.217 e. The van der Waals surface area contributed by atoms with E-state index in [4.69, 9.17) is 0 Å². The minimum atomic E-state index is -2.99. The molecule has 0 aliphatic carbocycles. The molecule has 0 aromatic rings. The average Bonchev–Trinajstić information content (AvgIpc) is 2.06. The fraction of sp³-hybridized carbons (Fsp3) is 1.00. The van der Waals surface area contributed by atoms with Crippen LogP contribution in [0.1, 0.15) is 34.1 Å². The smallest absolute Gasteiger partial charge is 0.212 e. The average molecular weight is 191 g/mol. The Hall–Kier alpha value is -0.0900. The number of nitrogens with zero attached hydrogens (tertiary/aromatic N) is 1. The summed E-state index contributed by atoms with van der Waals surface area (Å²) in [5.74, 6) is 0. The molecule has 0 spiro atoms. The van der Waals surface area contributed by atoms with E-state index >= 15 is 0 Å². The second kappa shape index (κ2) is 2.70. The van der Waals surface area contributed by atoms with E-state index in [1.807, 2.05) is 20.8 Å². The number of sulfonamides is 1. The Morgan fingerprint density at radius 3 is 2.00 bits per heavy atom. The lowest BCUT2D eigenvalue weighted by atomic mass is 10.1. The highest BCUT2D eigenvalue weighted by Crippen LogP contribution is 2.28. The maximum atomic E-state index is 11.7. The van der Waals surface area contributed by atoms with Crippen molar-refractivity contribution in [2.75, 3.05) is 6.54 Å². The number of rotatable bonds is 0. The van der Waals surface area contributed by atoms with Crippen molar-refractivity contribution in [3.63, 3.8) is 0 Å². The third-order valence-corrected chi connectivity index (χ3v) is 4.90. The van der Waals surface area contributed by atoms with Gasteiger partial charge in [-0.15, -0.1) is 0 Å². The first kappa shape index (κ1) is 9.99. The molecular formula is C8H17NO2S. The highest BCUT2D eigenvalue weighted by molar-refractivity contribution is 7.90. The van der Waals surface area contributed by atoms with Crippen LogP contribution >= 0.6 is 0 Å². The molecule has 1 heterocycles. The maximum absolute atomic E-state index is 11.7. The van der Waals surface area contributed by atoms with Gasteiger partial charge < -0.3 is 0 Å². The zero-order chi connectivity index (χ0) is 9.57. The molecule has 1 fully saturated rings. The van der Waals surface area contributed by atoms with Gasteiger partial charge in [0.25, 0.3) is 0 Å². The highest BCUT2D eigenvalue weighted by Gasteiger charge is 2.41. The van der Waals surface area contributed by atoms with Crippen LogP contribution in [0, 0.1) is 0 Å². The molecule has 12 heavy (non-hydrogen) atoms. The fourth-order valence-corrected chi connectivity index (χ4v) is 3.47. The molecule has 0 radical (unpaired) electrons. The van der Waals surface area contributed by atoms with Gasteiger partial charge in [0.2, 0.25) is 10.0 Å². The SMILES string of the molecule is CC1CCN(C(C)(C)C)S1(=O)=O. The van der Waals surface area contributed by atoms with Crippen LogP contribution < -0.4 is 0 Å². The highest BCUT2D eigenvalue weighted by atomic mass is 32.2. The van der Waals surface area contributed by atoms with Crippen molar-refractivity contribution in [2.24, 2.45) is 0 Å². The van der Waals surface area contributed by atoms with Crippen molar-refractivity contribution >= 4 is 10.0 Å². The van der Waals surface area contributed by atoms with Gasteiger partial charge in [-0.05, 0) is 34.1 Å². The zero-order valence-corrected chi connectivity index (χ0v) is 8.98. The van der Waals surface area contributed by atoms with Gasteiger partial charge >= 0.3 is 0 Å². The normalized spacial score (nSPS) is 30.8. The van der Waals surface area contributed by atoms with Crippen LogP contribution in [0.4, 0.5) is 0 Å². The maximum Gasteiger partial charge on any atom is 0.217 e. The molecule has 0 N–H and O–H groups in total. The first-order valence-electron chi connectivity index (χ1n) is 4.28. The van der Waals surface area contributed by atoms with Gasteiger partial charge in [-0.25, -0.2) is 8.42 Å². The van der Waals surface area contributed by atoms with Crippen LogP contribution in [0.3, 0.4) is 0 Å². The molecule has 1 aliphatic rings. The molecule has 0 aromatic heterocycles. The second-order valence-electron chi connectivity index (χ2n) is 4.39. The van der Waals surface area contributed by atoms with E-state index < -0.39 is 10.0 Å². The van der Waals surface area contributed by atoms with Crippen molar-refractivity contribution < 1.29 is 8.42 Å². The van der Waals surface area contributed by atoms with Crippen LogP contribution in [0.2, 0.25) is 0 Å². The van der Waals surface area contributed by atoms with E-state index in [2.05, 4.69) is 0 Å². The summed E-state index contributed by atoms with van der Waals surface area (Å²) in [5, 5.41) is -0.197. The molecular weight excluding hydrogens is 174 g/mol. The van der Waals surface area contributed by atoms with Gasteiger partial charge in [-0.1, -0.05) is 0 Å². The predicted octanol–water partition coefficient (Wildman–Crippen LogP) is 1.21. The summed E-state index contributed by atoms with van der Waals surface area (Å²) in [7, 11) is -2.99. The van der Waals surface area contributed by atoms with Crippen molar-refractivity contribution in [3.05, 3.63) is 0 Å². The number of hydrogen-bond donors (Lipinski definition) is 0. The van der Waals surface area contributed by atoms with Crippen molar-refractivity contribution in [2.45, 2.75) is 44.9 Å². The first-order valence-corrected chi connectivity index (χ1v) is 5.78. The summed E-state index contributed by atoms with van der Waals surface area (Å²) >= 11 is 0. The van der Waals surface area contributed by atoms with Crippen molar-refractivity contribution in [1.29, 1.82) is 0 Å². The quantitative estimate of drug-likeness (QED) is 0.577. The summed E-state index contributed by atoms with van der Waals surface area (Å²) in [4.78, 5) is 0. The van der Waals surface area contributed by atoms with Crippen molar-refractivity contribution in [1.82, 2.24) is 4.31 Å². The van der Waals surface area contributed by atoms with E-state index in [0.717, 1.165) is 6.42 Å². The minimum absolute atomic E-state index is 0.197. The van der Waals surface area contributed by atoms with E-state index in [1.165, 1.54) is 0 Å². The van der Waals surface area contributed by atoms with E-state index in [-0.39, 0.29) is 10.8 Å². The Morgan fingerprint density at radius 1 is 1.33 bits per heavy atom. The molecule has 1 atom stereocenters. The van der Waals surface area contributed by atoms with Crippen LogP contribution in [0.5, 0.6) is 0 Å². The molecule has 1 aliphatic heterocycles. The number of hydrogen-bond acceptors (Lipinski definition) is 2. The van der Waals surface area contributed by atoms with Gasteiger partial charge in [0, 0.05) is 12.1 Å². The standard InChI is InChI=1S/C8H17NO2S/c1-7-5-6-9(8(2,3)4)12(7,10)11/h7H,5-6H2,1-4H3. The van der Waals surface area contributed by atoms with Crippen LogP contribution in [0.15, 0.2) is 0 Å². The molecule has 72 valence electrons. The topological polar surface area (TPSA) is 37.4 Å². The summed E-state index contributed by atoms with van der Waals surface area (Å²) in [5.41, 5.74) is -0.260. The molecule has 4 heteroatoms. The van der Waals surface area contributed by atoms with Crippen LogP contribution in [0.25, 0.3) is 0 Å². The summed E-state index contributed by atoms with van der Waals surface area (Å²) in [6, 6.07) is 0. The molecule has 0 bridgehead atoms. The van der Waals surface area contributed by atoms with Crippen molar-refractivity contribution in [3.8, 4) is 0 Å². The minimum Gasteiger partial charge on any atom is -0.212 e. The van der Waals surface area contributed by atoms with E-state index in [9.17, 15) is 8.42 Å². The lowest BCUT2D eigenvalue weighted by Crippen LogP contribution is -2.43. The molecule has 0 amide bonds. The monoisotopic (exact) mass is 191 g/mol. The van der Waals surface area contributed by atoms with Gasteiger partial charge in [0.1, 0.15) is 0 Å². The van der Waals surface area contributed by atoms with E-state index in [0.29, 0.717) is 6.54 Å². The van der Waals surface area contributed by atoms with Crippen LogP contribution in [-0.4, -0.2) is 30.1 Å². The molecule has 3 nitrogen and oxygen atoms in total. The summed E-state index contributed by atoms with van der Waals surface area (Å²) in [6.45, 7) is 8.25. The Kier molecular flexibility index (Phi) is 2.25. The Balaban J connectivity index is 2.98. The molecule has 0 saturated carbocycles. The lowest BCUT2D eigenvalue weighted by Gasteiger charge is -2.30. The van der Waals surface area contributed by atoms with Gasteiger partial charge in [0.05, 0.1) is 5.25 Å². The van der Waals surface area contributed by atoms with Gasteiger partial charge in [0.15, 0.2) is 0 Å².